The van der Waals surface area contributed by atoms with E-state index in [9.17, 15) is 4.79 Å². The Labute approximate surface area is 117 Å². The van der Waals surface area contributed by atoms with Crippen molar-refractivity contribution >= 4 is 17.5 Å². The Balaban J connectivity index is 1.89. The lowest BCUT2D eigenvalue weighted by Crippen LogP contribution is -2.32. The molecule has 2 aliphatic rings. The molecule has 0 saturated heterocycles. The van der Waals surface area contributed by atoms with Gasteiger partial charge in [-0.15, -0.1) is 0 Å². The highest BCUT2D eigenvalue weighted by Gasteiger charge is 2.63. The second-order valence-electron chi connectivity index (χ2n) is 6.20. The van der Waals surface area contributed by atoms with Gasteiger partial charge in [-0.05, 0) is 35.6 Å². The normalized spacial score (nSPS) is 34.2. The van der Waals surface area contributed by atoms with Crippen LogP contribution in [0, 0.1) is 16.7 Å². The third kappa shape index (κ3) is 1.69. The average Bonchev–Trinajstić information content (AvgIpc) is 2.70. The molecule has 19 heavy (non-hydrogen) atoms. The summed E-state index contributed by atoms with van der Waals surface area (Å²) in [4.78, 5) is 21.0. The molecule has 4 heteroatoms. The molecule has 1 heterocycles. The number of aromatic nitrogens is 2. The van der Waals surface area contributed by atoms with Crippen LogP contribution in [0.4, 0.5) is 0 Å². The first kappa shape index (κ1) is 12.9. The third-order valence-corrected chi connectivity index (χ3v) is 5.99. The topological polar surface area (TPSA) is 42.9 Å². The summed E-state index contributed by atoms with van der Waals surface area (Å²) in [7, 11) is 0. The van der Waals surface area contributed by atoms with Crippen LogP contribution in [0.3, 0.4) is 0 Å². The summed E-state index contributed by atoms with van der Waals surface area (Å²) in [6.07, 6.45) is 5.59. The molecule has 0 spiro atoms. The molecular formula is C15H18N2OS. The first-order valence-electron chi connectivity index (χ1n) is 6.65. The van der Waals surface area contributed by atoms with Crippen molar-refractivity contribution in [3.63, 3.8) is 0 Å². The van der Waals surface area contributed by atoms with E-state index < -0.39 is 0 Å². The van der Waals surface area contributed by atoms with Gasteiger partial charge in [0.15, 0.2) is 10.9 Å². The zero-order valence-corrected chi connectivity index (χ0v) is 12.3. The minimum absolute atomic E-state index is 0.0774. The van der Waals surface area contributed by atoms with Crippen molar-refractivity contribution in [2.75, 3.05) is 0 Å². The Kier molecular flexibility index (Phi) is 2.82. The van der Waals surface area contributed by atoms with Crippen LogP contribution in [-0.2, 0) is 4.79 Å². The van der Waals surface area contributed by atoms with Gasteiger partial charge in [-0.25, -0.2) is 9.97 Å². The maximum Gasteiger partial charge on any atom is 0.191 e. The number of thioether (sulfide) groups is 1. The predicted octanol–water partition coefficient (Wildman–Crippen LogP) is 3.48. The lowest BCUT2D eigenvalue weighted by molar-refractivity contribution is -0.125. The number of nitrogens with zero attached hydrogens (tertiary/aromatic N) is 2. The van der Waals surface area contributed by atoms with E-state index in [0.717, 1.165) is 18.4 Å². The Morgan fingerprint density at radius 1 is 1.32 bits per heavy atom. The van der Waals surface area contributed by atoms with Crippen molar-refractivity contribution in [2.24, 2.45) is 16.7 Å². The zero-order chi connectivity index (χ0) is 13.7. The van der Waals surface area contributed by atoms with Gasteiger partial charge in [-0.2, -0.15) is 0 Å². The average molecular weight is 274 g/mol. The van der Waals surface area contributed by atoms with Gasteiger partial charge in [0, 0.05) is 23.4 Å². The third-order valence-electron chi connectivity index (χ3n) is 5.20. The van der Waals surface area contributed by atoms with Crippen molar-refractivity contribution in [3.05, 3.63) is 29.4 Å². The molecule has 2 atom stereocenters. The van der Waals surface area contributed by atoms with E-state index in [0.29, 0.717) is 16.9 Å². The number of fused-ring (bicyclic) bond motifs is 2. The fraction of sp³-hybridized carbons (Fsp3) is 0.533. The summed E-state index contributed by atoms with van der Waals surface area (Å²) < 4.78 is 0. The molecule has 1 aromatic rings. The quantitative estimate of drug-likeness (QED) is 0.470. The summed E-state index contributed by atoms with van der Waals surface area (Å²) in [6, 6.07) is 1.80. The standard InChI is InChI=1S/C15H18N2OS/c1-14(2)11-5-6-15(14,3)12(18)10(11)9-19-13-16-7-4-8-17-13/h4,7-9,11H,5-6H2,1-3H3/b10-9+/t11-,15+/m0/s1. The highest BCUT2D eigenvalue weighted by atomic mass is 32.2. The number of allylic oxidation sites excluding steroid dienone is 1. The van der Waals surface area contributed by atoms with E-state index >= 15 is 0 Å². The largest absolute Gasteiger partial charge is 0.294 e. The molecule has 0 aliphatic heterocycles. The van der Waals surface area contributed by atoms with Gasteiger partial charge in [0.2, 0.25) is 0 Å². The number of ketones is 1. The zero-order valence-electron chi connectivity index (χ0n) is 11.5. The van der Waals surface area contributed by atoms with Crippen LogP contribution in [0.25, 0.3) is 0 Å². The summed E-state index contributed by atoms with van der Waals surface area (Å²) in [5.41, 5.74) is 0.881. The molecule has 0 radical (unpaired) electrons. The van der Waals surface area contributed by atoms with Crippen LogP contribution in [0.15, 0.2) is 34.6 Å². The van der Waals surface area contributed by atoms with Gasteiger partial charge in [-0.3, -0.25) is 4.79 Å². The molecule has 100 valence electrons. The maximum atomic E-state index is 12.6. The van der Waals surface area contributed by atoms with Crippen LogP contribution < -0.4 is 0 Å². The molecule has 2 bridgehead atoms. The van der Waals surface area contributed by atoms with Crippen molar-refractivity contribution < 1.29 is 4.79 Å². The van der Waals surface area contributed by atoms with Gasteiger partial charge in [-0.1, -0.05) is 32.5 Å². The minimum atomic E-state index is -0.179. The van der Waals surface area contributed by atoms with Gasteiger partial charge in [0.25, 0.3) is 0 Å². The Bertz CT molecular complexity index is 553. The first-order valence-corrected chi connectivity index (χ1v) is 7.53. The smallest absolute Gasteiger partial charge is 0.191 e. The number of carbonyl (C=O) groups is 1. The number of Topliss-reactive ketones (excluding diaryl/α,β-unsaturated/α-hetero) is 1. The summed E-state index contributed by atoms with van der Waals surface area (Å²) >= 11 is 1.46. The second-order valence-corrected chi connectivity index (χ2v) is 7.03. The molecular weight excluding hydrogens is 256 g/mol. The molecule has 0 aromatic carbocycles. The highest BCUT2D eigenvalue weighted by Crippen LogP contribution is 2.65. The molecule has 2 fully saturated rings. The molecule has 0 amide bonds. The van der Waals surface area contributed by atoms with E-state index in [4.69, 9.17) is 0 Å². The van der Waals surface area contributed by atoms with Crippen LogP contribution in [0.2, 0.25) is 0 Å². The fourth-order valence-electron chi connectivity index (χ4n) is 3.53. The Hall–Kier alpha value is -1.16. The van der Waals surface area contributed by atoms with Crippen molar-refractivity contribution in [2.45, 2.75) is 38.8 Å². The van der Waals surface area contributed by atoms with Gasteiger partial charge in [0.05, 0.1) is 0 Å². The van der Waals surface area contributed by atoms with Crippen molar-refractivity contribution in [3.8, 4) is 0 Å². The molecule has 3 rings (SSSR count). The lowest BCUT2D eigenvalue weighted by Gasteiger charge is -2.31. The van der Waals surface area contributed by atoms with Gasteiger partial charge >= 0.3 is 0 Å². The van der Waals surface area contributed by atoms with Crippen LogP contribution in [0.5, 0.6) is 0 Å². The summed E-state index contributed by atoms with van der Waals surface area (Å²) in [5.74, 6) is 0.721. The number of carbonyl (C=O) groups excluding carboxylic acids is 1. The first-order chi connectivity index (χ1) is 8.97. The van der Waals surface area contributed by atoms with Gasteiger partial charge in [0.1, 0.15) is 0 Å². The van der Waals surface area contributed by atoms with Crippen LogP contribution in [-0.4, -0.2) is 15.8 Å². The molecule has 0 N–H and O–H groups in total. The number of rotatable bonds is 2. The van der Waals surface area contributed by atoms with Gasteiger partial charge < -0.3 is 0 Å². The monoisotopic (exact) mass is 274 g/mol. The predicted molar refractivity (Wildman–Crippen MR) is 75.6 cm³/mol. The van der Waals surface area contributed by atoms with E-state index in [1.165, 1.54) is 11.8 Å². The van der Waals surface area contributed by atoms with Crippen molar-refractivity contribution in [1.82, 2.24) is 9.97 Å². The maximum absolute atomic E-state index is 12.6. The second kappa shape index (κ2) is 4.17. The Morgan fingerprint density at radius 2 is 2.00 bits per heavy atom. The molecule has 3 nitrogen and oxygen atoms in total. The lowest BCUT2D eigenvalue weighted by atomic mass is 9.70. The fourth-order valence-corrected chi connectivity index (χ4v) is 4.27. The number of hydrogen-bond donors (Lipinski definition) is 0. The van der Waals surface area contributed by atoms with E-state index in [2.05, 4.69) is 30.7 Å². The minimum Gasteiger partial charge on any atom is -0.294 e. The van der Waals surface area contributed by atoms with Crippen LogP contribution >= 0.6 is 11.8 Å². The molecule has 2 aliphatic carbocycles. The molecule has 2 saturated carbocycles. The molecule has 1 aromatic heterocycles. The van der Waals surface area contributed by atoms with E-state index in [1.54, 1.807) is 18.5 Å². The van der Waals surface area contributed by atoms with Crippen LogP contribution in [0.1, 0.15) is 33.6 Å². The summed E-state index contributed by atoms with van der Waals surface area (Å²) in [5, 5.41) is 2.68. The SMILES string of the molecule is CC1(C)[C@H]2CC[C@]1(C)C(=O)/C2=C/Sc1ncccn1. The van der Waals surface area contributed by atoms with E-state index in [-0.39, 0.29) is 10.8 Å². The highest BCUT2D eigenvalue weighted by molar-refractivity contribution is 8.02. The summed E-state index contributed by atoms with van der Waals surface area (Å²) in [6.45, 7) is 6.58. The van der Waals surface area contributed by atoms with Crippen molar-refractivity contribution in [1.29, 1.82) is 0 Å². The number of hydrogen-bond acceptors (Lipinski definition) is 4. The Morgan fingerprint density at radius 3 is 2.58 bits per heavy atom. The van der Waals surface area contributed by atoms with E-state index in [1.807, 2.05) is 5.41 Å². The molecule has 0 unspecified atom stereocenters.